The largest absolute Gasteiger partial charge is 0.495 e. The molecular weight excluding hydrogens is 546 g/mol. The van der Waals surface area contributed by atoms with Gasteiger partial charge in [-0.3, -0.25) is 14.9 Å². The van der Waals surface area contributed by atoms with Crippen molar-refractivity contribution >= 4 is 72.2 Å². The van der Waals surface area contributed by atoms with Crippen LogP contribution < -0.4 is 21.1 Å². The molecule has 1 atom stereocenters. The summed E-state index contributed by atoms with van der Waals surface area (Å²) in [5.41, 5.74) is 7.75. The zero-order valence-corrected chi connectivity index (χ0v) is 23.3. The van der Waals surface area contributed by atoms with Gasteiger partial charge in [-0.15, -0.1) is 11.3 Å². The van der Waals surface area contributed by atoms with E-state index in [-0.39, 0.29) is 10.5 Å². The summed E-state index contributed by atoms with van der Waals surface area (Å²) < 4.78 is 6.21. The maximum atomic E-state index is 13.2. The van der Waals surface area contributed by atoms with E-state index >= 15 is 0 Å². The van der Waals surface area contributed by atoms with E-state index in [4.69, 9.17) is 22.7 Å². The summed E-state index contributed by atoms with van der Waals surface area (Å²) >= 11 is 10.5. The molecule has 3 aromatic rings. The lowest BCUT2D eigenvalue weighted by Gasteiger charge is -2.33. The molecular formula is C26H28BrN3O3S2. The molecule has 1 aliphatic rings. The third-order valence-electron chi connectivity index (χ3n) is 6.58. The van der Waals surface area contributed by atoms with Gasteiger partial charge in [0.1, 0.15) is 10.8 Å². The van der Waals surface area contributed by atoms with Gasteiger partial charge < -0.3 is 15.8 Å². The van der Waals surface area contributed by atoms with Crippen LogP contribution in [-0.2, 0) is 12.8 Å². The van der Waals surface area contributed by atoms with Crippen LogP contribution in [-0.4, -0.2) is 24.0 Å². The van der Waals surface area contributed by atoms with E-state index in [0.717, 1.165) is 40.5 Å². The summed E-state index contributed by atoms with van der Waals surface area (Å²) in [6.07, 6.45) is 2.70. The van der Waals surface area contributed by atoms with Crippen molar-refractivity contribution in [2.75, 3.05) is 12.4 Å². The Balaban J connectivity index is 1.58. The minimum atomic E-state index is -0.492. The number of benzene rings is 2. The van der Waals surface area contributed by atoms with E-state index in [1.54, 1.807) is 6.07 Å². The number of amides is 2. The molecule has 2 amide bonds. The number of anilines is 1. The molecule has 2 aromatic carbocycles. The molecule has 184 valence electrons. The van der Waals surface area contributed by atoms with E-state index < -0.39 is 11.8 Å². The number of primary amides is 1. The van der Waals surface area contributed by atoms with Crippen molar-refractivity contribution in [1.82, 2.24) is 5.32 Å². The number of nitrogens with one attached hydrogen (secondary N) is 2. The van der Waals surface area contributed by atoms with Crippen molar-refractivity contribution in [3.63, 3.8) is 0 Å². The number of thiocarbonyl (C=S) groups is 1. The molecule has 0 saturated heterocycles. The number of methoxy groups -OCH3 is 1. The van der Waals surface area contributed by atoms with Gasteiger partial charge in [0.25, 0.3) is 11.8 Å². The maximum absolute atomic E-state index is 13.2. The molecule has 6 nitrogen and oxygen atoms in total. The fourth-order valence-electron chi connectivity index (χ4n) is 4.63. The highest BCUT2D eigenvalue weighted by Crippen LogP contribution is 2.44. The van der Waals surface area contributed by atoms with Crippen LogP contribution in [0.15, 0.2) is 34.8 Å². The Hall–Kier alpha value is -2.49. The molecule has 1 aliphatic carbocycles. The Morgan fingerprint density at radius 3 is 2.63 bits per heavy atom. The van der Waals surface area contributed by atoms with Crippen molar-refractivity contribution < 1.29 is 14.3 Å². The molecule has 0 spiro atoms. The van der Waals surface area contributed by atoms with Gasteiger partial charge in [-0.1, -0.05) is 45.0 Å². The molecule has 0 aliphatic heterocycles. The lowest BCUT2D eigenvalue weighted by atomic mass is 9.72. The normalized spacial score (nSPS) is 15.4. The quantitative estimate of drug-likeness (QED) is 0.330. The van der Waals surface area contributed by atoms with Gasteiger partial charge in [0.2, 0.25) is 0 Å². The Bertz CT molecular complexity index is 1340. The fourth-order valence-corrected chi connectivity index (χ4v) is 6.96. The number of hydrogen-bond donors (Lipinski definition) is 3. The molecule has 1 aromatic heterocycles. The number of nitrogens with two attached hydrogens (primary N) is 1. The van der Waals surface area contributed by atoms with Gasteiger partial charge in [-0.2, -0.15) is 0 Å². The number of rotatable bonds is 4. The SMILES string of the molecule is COc1c(C(=O)NC(=S)Nc2sc3c(c2C(N)=O)CC[C@@H](C(C)(C)C)C3)cc2ccccc2c1Br. The van der Waals surface area contributed by atoms with Crippen molar-refractivity contribution in [3.05, 3.63) is 56.4 Å². The van der Waals surface area contributed by atoms with Crippen LogP contribution in [0.1, 0.15) is 58.3 Å². The Kier molecular flexibility index (Phi) is 7.22. The highest BCUT2D eigenvalue weighted by atomic mass is 79.9. The third-order valence-corrected chi connectivity index (χ3v) is 8.74. The average Bonchev–Trinajstić information content (AvgIpc) is 3.15. The van der Waals surface area contributed by atoms with Crippen molar-refractivity contribution in [2.45, 2.75) is 40.0 Å². The van der Waals surface area contributed by atoms with Gasteiger partial charge >= 0.3 is 0 Å². The van der Waals surface area contributed by atoms with Crippen LogP contribution in [0.2, 0.25) is 0 Å². The molecule has 4 N–H and O–H groups in total. The summed E-state index contributed by atoms with van der Waals surface area (Å²) in [6.45, 7) is 6.73. The van der Waals surface area contributed by atoms with Crippen LogP contribution in [0, 0.1) is 11.3 Å². The Labute approximate surface area is 222 Å². The standard InChI is InChI=1S/C26H28BrN3O3S2/c1-26(2,3)14-9-10-16-18(12-14)35-24(19(16)22(28)31)30-25(34)29-23(32)17-11-13-7-5-6-8-15(13)20(27)21(17)33-4/h5-8,11,14H,9-10,12H2,1-4H3,(H2,28,31)(H2,29,30,32,34)/t14-/m1/s1. The number of thiophene rings is 1. The van der Waals surface area contributed by atoms with Gasteiger partial charge in [0, 0.05) is 4.88 Å². The molecule has 0 fully saturated rings. The Morgan fingerprint density at radius 2 is 1.97 bits per heavy atom. The van der Waals surface area contributed by atoms with Crippen molar-refractivity contribution in [1.29, 1.82) is 0 Å². The summed E-state index contributed by atoms with van der Waals surface area (Å²) in [5.74, 6) is 0.0309. The number of ether oxygens (including phenoxy) is 1. The minimum Gasteiger partial charge on any atom is -0.495 e. The Morgan fingerprint density at radius 1 is 1.26 bits per heavy atom. The lowest BCUT2D eigenvalue weighted by Crippen LogP contribution is -2.34. The zero-order chi connectivity index (χ0) is 25.5. The van der Waals surface area contributed by atoms with Crippen molar-refractivity contribution in [3.8, 4) is 5.75 Å². The molecule has 4 rings (SSSR count). The second kappa shape index (κ2) is 9.87. The predicted octanol–water partition coefficient (Wildman–Crippen LogP) is 6.05. The summed E-state index contributed by atoms with van der Waals surface area (Å²) in [6, 6.07) is 9.47. The fraction of sp³-hybridized carbons (Fsp3) is 0.346. The third kappa shape index (κ3) is 5.08. The number of carbonyl (C=O) groups excluding carboxylic acids is 2. The maximum Gasteiger partial charge on any atom is 0.261 e. The highest BCUT2D eigenvalue weighted by Gasteiger charge is 2.33. The van der Waals surface area contributed by atoms with Crippen LogP contribution in [0.4, 0.5) is 5.00 Å². The molecule has 1 heterocycles. The van der Waals surface area contributed by atoms with E-state index in [1.807, 2.05) is 24.3 Å². The predicted molar refractivity (Wildman–Crippen MR) is 150 cm³/mol. The average molecular weight is 575 g/mol. The smallest absolute Gasteiger partial charge is 0.261 e. The molecule has 0 bridgehead atoms. The summed E-state index contributed by atoms with van der Waals surface area (Å²) in [4.78, 5) is 26.7. The topological polar surface area (TPSA) is 93.4 Å². The van der Waals surface area contributed by atoms with Gasteiger partial charge in [0.15, 0.2) is 5.11 Å². The van der Waals surface area contributed by atoms with Gasteiger partial charge in [-0.05, 0) is 81.1 Å². The number of hydrogen-bond acceptors (Lipinski definition) is 5. The lowest BCUT2D eigenvalue weighted by molar-refractivity contribution is 0.0972. The second-order valence-electron chi connectivity index (χ2n) is 9.78. The first-order valence-electron chi connectivity index (χ1n) is 11.3. The van der Waals surface area contributed by atoms with Crippen LogP contribution in [0.3, 0.4) is 0 Å². The molecule has 0 radical (unpaired) electrons. The monoisotopic (exact) mass is 573 g/mol. The first-order valence-corrected chi connectivity index (χ1v) is 13.3. The highest BCUT2D eigenvalue weighted by molar-refractivity contribution is 9.10. The van der Waals surface area contributed by atoms with Crippen LogP contribution >= 0.6 is 39.5 Å². The summed E-state index contributed by atoms with van der Waals surface area (Å²) in [7, 11) is 1.52. The molecule has 9 heteroatoms. The first-order chi connectivity index (χ1) is 16.5. The number of carbonyl (C=O) groups is 2. The van der Waals surface area contributed by atoms with E-state index in [2.05, 4.69) is 47.3 Å². The second-order valence-corrected chi connectivity index (χ2v) is 12.1. The van der Waals surface area contributed by atoms with Crippen LogP contribution in [0.5, 0.6) is 5.75 Å². The molecule has 0 unspecified atom stereocenters. The minimum absolute atomic E-state index is 0.0924. The molecule has 35 heavy (non-hydrogen) atoms. The van der Waals surface area contributed by atoms with E-state index in [0.29, 0.717) is 32.3 Å². The number of halogens is 1. The van der Waals surface area contributed by atoms with E-state index in [1.165, 1.54) is 18.4 Å². The van der Waals surface area contributed by atoms with Crippen molar-refractivity contribution in [2.24, 2.45) is 17.1 Å². The number of fused-ring (bicyclic) bond motifs is 2. The van der Waals surface area contributed by atoms with E-state index in [9.17, 15) is 9.59 Å². The first kappa shape index (κ1) is 25.6. The van der Waals surface area contributed by atoms with Crippen LogP contribution in [0.25, 0.3) is 10.8 Å². The summed E-state index contributed by atoms with van der Waals surface area (Å²) in [5, 5.41) is 8.28. The van der Waals surface area contributed by atoms with Gasteiger partial charge in [0.05, 0.1) is 22.7 Å². The molecule has 0 saturated carbocycles. The van der Waals surface area contributed by atoms with Gasteiger partial charge in [-0.25, -0.2) is 0 Å². The zero-order valence-electron chi connectivity index (χ0n) is 20.1.